The van der Waals surface area contributed by atoms with Gasteiger partial charge in [0, 0.05) is 36.7 Å². The molecule has 2 aliphatic heterocycles. The van der Waals surface area contributed by atoms with Crippen molar-refractivity contribution in [1.29, 1.82) is 0 Å². The van der Waals surface area contributed by atoms with Crippen molar-refractivity contribution in [2.45, 2.75) is 51.7 Å². The van der Waals surface area contributed by atoms with Crippen LogP contribution in [0.2, 0.25) is 0 Å². The smallest absolute Gasteiger partial charge is 0.129 e. The Balaban J connectivity index is 1.74. The minimum Gasteiger partial charge on any atom is -0.507 e. The first kappa shape index (κ1) is 17.1. The van der Waals surface area contributed by atoms with Crippen LogP contribution in [0.25, 0.3) is 0 Å². The Morgan fingerprint density at radius 2 is 1.76 bits per heavy atom. The van der Waals surface area contributed by atoms with E-state index in [-0.39, 0.29) is 17.3 Å². The fourth-order valence-corrected chi connectivity index (χ4v) is 4.71. The number of phenolic OH excluding ortho intramolecular Hbond substituents is 1. The maximum absolute atomic E-state index is 11.3. The van der Waals surface area contributed by atoms with Crippen LogP contribution in [-0.2, 0) is 4.74 Å². The van der Waals surface area contributed by atoms with E-state index in [0.717, 1.165) is 80.1 Å². The lowest BCUT2D eigenvalue weighted by molar-refractivity contribution is -0.134. The third-order valence-electron chi connectivity index (χ3n) is 6.68. The van der Waals surface area contributed by atoms with Gasteiger partial charge in [0.15, 0.2) is 0 Å². The van der Waals surface area contributed by atoms with Crippen molar-refractivity contribution in [3.05, 3.63) is 22.3 Å². The largest absolute Gasteiger partial charge is 0.507 e. The highest BCUT2D eigenvalue weighted by molar-refractivity contribution is 5.59. The quantitative estimate of drug-likeness (QED) is 0.861. The minimum atomic E-state index is -0.600. The van der Waals surface area contributed by atoms with E-state index in [1.807, 2.05) is 20.8 Å². The van der Waals surface area contributed by atoms with Gasteiger partial charge in [0.05, 0.1) is 19.3 Å². The zero-order valence-corrected chi connectivity index (χ0v) is 15.5. The number of aliphatic hydroxyl groups excluding tert-OH is 1. The Morgan fingerprint density at radius 1 is 1.08 bits per heavy atom. The molecule has 0 aromatic heterocycles. The summed E-state index contributed by atoms with van der Waals surface area (Å²) in [5.74, 6) is 1.12. The third-order valence-corrected chi connectivity index (χ3v) is 6.68. The number of aliphatic hydroxyl groups is 1. The molecule has 1 saturated carbocycles. The second-order valence-corrected chi connectivity index (χ2v) is 7.95. The first-order valence-corrected chi connectivity index (χ1v) is 9.44. The number of phenols is 1. The first-order chi connectivity index (χ1) is 11.9. The first-order valence-electron chi connectivity index (χ1n) is 9.44. The molecule has 2 unspecified atom stereocenters. The van der Waals surface area contributed by atoms with E-state index in [1.165, 1.54) is 0 Å². The maximum Gasteiger partial charge on any atom is 0.129 e. The molecule has 1 aromatic carbocycles. The zero-order valence-electron chi connectivity index (χ0n) is 15.5. The summed E-state index contributed by atoms with van der Waals surface area (Å²) in [6, 6.07) is 0. The van der Waals surface area contributed by atoms with Crippen LogP contribution < -0.4 is 4.74 Å². The Kier molecular flexibility index (Phi) is 4.21. The zero-order chi connectivity index (χ0) is 17.8. The normalized spacial score (nSPS) is 28.3. The lowest BCUT2D eigenvalue weighted by Crippen LogP contribution is -2.58. The molecule has 0 amide bonds. The van der Waals surface area contributed by atoms with Gasteiger partial charge in [-0.1, -0.05) is 0 Å². The number of hydrogen-bond donors (Lipinski definition) is 2. The molecule has 1 aromatic rings. The second-order valence-electron chi connectivity index (χ2n) is 7.95. The van der Waals surface area contributed by atoms with Crippen LogP contribution in [0.3, 0.4) is 0 Å². The van der Waals surface area contributed by atoms with Gasteiger partial charge in [0.2, 0.25) is 0 Å². The average molecular weight is 347 g/mol. The molecule has 2 heterocycles. The Hall–Kier alpha value is -1.30. The number of morpholine rings is 1. The summed E-state index contributed by atoms with van der Waals surface area (Å²) in [7, 11) is 0. The van der Waals surface area contributed by atoms with Gasteiger partial charge in [-0.25, -0.2) is 0 Å². The number of fused-ring (bicyclic) bond motifs is 1. The van der Waals surface area contributed by atoms with Crippen LogP contribution in [0, 0.1) is 26.7 Å². The monoisotopic (exact) mass is 347 g/mol. The van der Waals surface area contributed by atoms with Crippen LogP contribution in [0.5, 0.6) is 11.5 Å². The summed E-state index contributed by atoms with van der Waals surface area (Å²) >= 11 is 0. The fraction of sp³-hybridized carbons (Fsp3) is 0.700. The van der Waals surface area contributed by atoms with E-state index in [0.29, 0.717) is 0 Å². The molecule has 138 valence electrons. The summed E-state index contributed by atoms with van der Waals surface area (Å²) in [6.45, 7) is 9.92. The molecule has 3 aliphatic rings. The van der Waals surface area contributed by atoms with Gasteiger partial charge in [0.25, 0.3) is 0 Å². The Bertz CT molecular complexity index is 677. The SMILES string of the molecule is Cc1c(C)c2c(c(C)c1O)C(O)C(CN1CCOCC1)C1(CCC1)O2. The lowest BCUT2D eigenvalue weighted by atomic mass is 9.65. The van der Waals surface area contributed by atoms with E-state index in [9.17, 15) is 10.2 Å². The predicted octanol–water partition coefficient (Wildman–Crippen LogP) is 2.61. The summed E-state index contributed by atoms with van der Waals surface area (Å²) in [6.07, 6.45) is 2.54. The highest BCUT2D eigenvalue weighted by atomic mass is 16.5. The Morgan fingerprint density at radius 3 is 2.36 bits per heavy atom. The molecule has 4 rings (SSSR count). The van der Waals surface area contributed by atoms with Gasteiger partial charge >= 0.3 is 0 Å². The van der Waals surface area contributed by atoms with Crippen LogP contribution in [0.4, 0.5) is 0 Å². The molecule has 0 bridgehead atoms. The van der Waals surface area contributed by atoms with E-state index in [1.54, 1.807) is 0 Å². The number of nitrogens with zero attached hydrogens (tertiary/aromatic N) is 1. The molecule has 5 nitrogen and oxygen atoms in total. The summed E-state index contributed by atoms with van der Waals surface area (Å²) in [5.41, 5.74) is 3.09. The standard InChI is InChI=1S/C20H29NO4/c1-12-13(2)19-16(14(3)17(12)22)18(23)15(20(25-19)5-4-6-20)11-21-7-9-24-10-8-21/h15,18,22-23H,4-11H2,1-3H3. The van der Waals surface area contributed by atoms with Crippen molar-refractivity contribution < 1.29 is 19.7 Å². The fourth-order valence-electron chi connectivity index (χ4n) is 4.71. The number of benzene rings is 1. The van der Waals surface area contributed by atoms with Gasteiger partial charge in [-0.05, 0) is 51.2 Å². The second kappa shape index (κ2) is 6.15. The van der Waals surface area contributed by atoms with Crippen LogP contribution in [0.1, 0.15) is 47.6 Å². The topological polar surface area (TPSA) is 62.2 Å². The number of aromatic hydroxyl groups is 1. The van der Waals surface area contributed by atoms with Crippen LogP contribution >= 0.6 is 0 Å². The number of rotatable bonds is 2. The van der Waals surface area contributed by atoms with Crippen LogP contribution in [-0.4, -0.2) is 53.6 Å². The number of ether oxygens (including phenoxy) is 2. The number of hydrogen-bond acceptors (Lipinski definition) is 5. The highest BCUT2D eigenvalue weighted by Crippen LogP contribution is 2.56. The minimum absolute atomic E-state index is 0.0343. The van der Waals surface area contributed by atoms with Crippen molar-refractivity contribution >= 4 is 0 Å². The summed E-state index contributed by atoms with van der Waals surface area (Å²) < 4.78 is 12.1. The molecular formula is C20H29NO4. The Labute approximate surface area is 149 Å². The molecule has 2 atom stereocenters. The molecule has 5 heteroatoms. The molecule has 1 aliphatic carbocycles. The summed E-state index contributed by atoms with van der Waals surface area (Å²) in [5, 5.41) is 21.8. The summed E-state index contributed by atoms with van der Waals surface area (Å²) in [4.78, 5) is 2.38. The third kappa shape index (κ3) is 2.56. The highest BCUT2D eigenvalue weighted by Gasteiger charge is 2.54. The van der Waals surface area contributed by atoms with Gasteiger partial charge in [-0.3, -0.25) is 4.90 Å². The molecule has 1 saturated heterocycles. The molecular weight excluding hydrogens is 318 g/mol. The maximum atomic E-state index is 11.3. The molecule has 0 radical (unpaired) electrons. The van der Waals surface area contributed by atoms with Crippen molar-refractivity contribution in [3.8, 4) is 11.5 Å². The van der Waals surface area contributed by atoms with E-state index in [4.69, 9.17) is 9.47 Å². The van der Waals surface area contributed by atoms with E-state index < -0.39 is 6.10 Å². The predicted molar refractivity (Wildman–Crippen MR) is 95.2 cm³/mol. The van der Waals surface area contributed by atoms with Gasteiger partial charge < -0.3 is 19.7 Å². The van der Waals surface area contributed by atoms with Gasteiger partial charge in [0.1, 0.15) is 17.1 Å². The van der Waals surface area contributed by atoms with Crippen molar-refractivity contribution in [2.75, 3.05) is 32.8 Å². The molecule has 25 heavy (non-hydrogen) atoms. The van der Waals surface area contributed by atoms with Gasteiger partial charge in [-0.15, -0.1) is 0 Å². The van der Waals surface area contributed by atoms with Gasteiger partial charge in [-0.2, -0.15) is 0 Å². The van der Waals surface area contributed by atoms with E-state index in [2.05, 4.69) is 4.90 Å². The van der Waals surface area contributed by atoms with Crippen LogP contribution in [0.15, 0.2) is 0 Å². The molecule has 2 N–H and O–H groups in total. The van der Waals surface area contributed by atoms with Crippen molar-refractivity contribution in [2.24, 2.45) is 5.92 Å². The average Bonchev–Trinajstić information content (AvgIpc) is 2.59. The lowest BCUT2D eigenvalue weighted by Gasteiger charge is -2.54. The van der Waals surface area contributed by atoms with Crippen molar-refractivity contribution in [3.63, 3.8) is 0 Å². The molecule has 1 spiro atoms. The molecule has 2 fully saturated rings. The van der Waals surface area contributed by atoms with Crippen molar-refractivity contribution in [1.82, 2.24) is 4.90 Å². The van der Waals surface area contributed by atoms with E-state index >= 15 is 0 Å².